The van der Waals surface area contributed by atoms with Crippen LogP contribution in [-0.4, -0.2) is 17.3 Å². The lowest BCUT2D eigenvalue weighted by molar-refractivity contribution is -0.133. The van der Waals surface area contributed by atoms with Crippen molar-refractivity contribution in [2.45, 2.75) is 77.9 Å². The molecule has 4 nitrogen and oxygen atoms in total. The van der Waals surface area contributed by atoms with Crippen LogP contribution in [-0.2, 0) is 28.6 Å². The molecule has 0 heterocycles. The summed E-state index contributed by atoms with van der Waals surface area (Å²) in [6.45, 7) is 15.2. The molecule has 1 amide bonds. The average Bonchev–Trinajstić information content (AvgIpc) is 3.10. The molecular formula is C32H37NO3. The summed E-state index contributed by atoms with van der Waals surface area (Å²) >= 11 is 0. The molecule has 0 saturated heterocycles. The van der Waals surface area contributed by atoms with Crippen LogP contribution in [0.4, 0.5) is 0 Å². The lowest BCUT2D eigenvalue weighted by Crippen LogP contribution is -2.56. The van der Waals surface area contributed by atoms with Crippen molar-refractivity contribution in [3.63, 3.8) is 0 Å². The Labute approximate surface area is 215 Å². The molecule has 36 heavy (non-hydrogen) atoms. The average molecular weight is 484 g/mol. The molecule has 0 radical (unpaired) electrons. The molecule has 1 unspecified atom stereocenters. The predicted molar refractivity (Wildman–Crippen MR) is 145 cm³/mol. The molecule has 4 heteroatoms. The van der Waals surface area contributed by atoms with Crippen molar-refractivity contribution in [1.82, 2.24) is 5.32 Å². The van der Waals surface area contributed by atoms with Gasteiger partial charge in [-0.2, -0.15) is 0 Å². The first-order chi connectivity index (χ1) is 16.8. The molecule has 0 saturated carbocycles. The Bertz CT molecular complexity index is 1260. The third kappa shape index (κ3) is 4.82. The largest absolute Gasteiger partial charge is 0.468 e. The maximum atomic E-state index is 14.0. The smallest absolute Gasteiger partial charge is 0.273 e. The van der Waals surface area contributed by atoms with Gasteiger partial charge in [-0.05, 0) is 28.9 Å². The summed E-state index contributed by atoms with van der Waals surface area (Å²) in [5.41, 5.74) is 3.28. The summed E-state index contributed by atoms with van der Waals surface area (Å²) in [6.07, 6.45) is 0.198. The first-order valence-corrected chi connectivity index (χ1v) is 12.6. The van der Waals surface area contributed by atoms with Gasteiger partial charge >= 0.3 is 0 Å². The molecule has 0 fully saturated rings. The zero-order valence-corrected chi connectivity index (χ0v) is 22.5. The van der Waals surface area contributed by atoms with Crippen LogP contribution in [0.15, 0.2) is 66.7 Å². The van der Waals surface area contributed by atoms with Gasteiger partial charge in [0.25, 0.3) is 11.5 Å². The number of rotatable bonds is 5. The lowest BCUT2D eigenvalue weighted by atomic mass is 9.78. The number of aryl methyl sites for hydroxylation is 1. The van der Waals surface area contributed by atoms with Gasteiger partial charge in [0.1, 0.15) is 5.75 Å². The second kappa shape index (κ2) is 9.24. The van der Waals surface area contributed by atoms with Gasteiger partial charge in [-0.25, -0.2) is 0 Å². The summed E-state index contributed by atoms with van der Waals surface area (Å²) in [5, 5.41) is 3.01. The van der Waals surface area contributed by atoms with Crippen LogP contribution in [0.2, 0.25) is 0 Å². The number of fused-ring (bicyclic) bond motifs is 1. The highest BCUT2D eigenvalue weighted by Crippen LogP contribution is 2.44. The van der Waals surface area contributed by atoms with E-state index in [9.17, 15) is 9.59 Å². The van der Waals surface area contributed by atoms with Crippen molar-refractivity contribution in [1.29, 1.82) is 0 Å². The molecule has 3 aromatic rings. The van der Waals surface area contributed by atoms with Crippen LogP contribution in [0, 0.1) is 6.92 Å². The number of amides is 1. The minimum Gasteiger partial charge on any atom is -0.468 e. The number of benzene rings is 3. The van der Waals surface area contributed by atoms with E-state index in [2.05, 4.69) is 65.9 Å². The van der Waals surface area contributed by atoms with Crippen LogP contribution >= 0.6 is 0 Å². The minimum absolute atomic E-state index is 0.198. The molecular weight excluding hydrogens is 446 g/mol. The van der Waals surface area contributed by atoms with Gasteiger partial charge in [-0.3, -0.25) is 9.59 Å². The van der Waals surface area contributed by atoms with E-state index in [0.29, 0.717) is 17.9 Å². The predicted octanol–water partition coefficient (Wildman–Crippen LogP) is 6.46. The summed E-state index contributed by atoms with van der Waals surface area (Å²) in [4.78, 5) is 27.9. The second-order valence-electron chi connectivity index (χ2n) is 11.9. The number of ketones is 1. The summed E-state index contributed by atoms with van der Waals surface area (Å²) in [5.74, 6) is -0.0616. The molecule has 0 bridgehead atoms. The fourth-order valence-electron chi connectivity index (χ4n) is 4.87. The second-order valence-corrected chi connectivity index (χ2v) is 11.9. The standard InChI is InChI=1S/C32H37NO3/c1-21-17-25(30(2,3)4)27(26(18-21)31(5,6)7)36-32(19-23-15-11-12-16-24(23)28(32)34)29(35)33-20-22-13-9-8-10-14-22/h8-18H,19-20H2,1-7H3,(H,33,35). The van der Waals surface area contributed by atoms with E-state index < -0.39 is 11.5 Å². The van der Waals surface area contributed by atoms with E-state index in [1.165, 1.54) is 0 Å². The quantitative estimate of drug-likeness (QED) is 0.424. The molecule has 1 aliphatic carbocycles. The zero-order valence-electron chi connectivity index (χ0n) is 22.5. The van der Waals surface area contributed by atoms with Gasteiger partial charge in [-0.1, -0.05) is 114 Å². The highest BCUT2D eigenvalue weighted by Gasteiger charge is 2.55. The van der Waals surface area contributed by atoms with Gasteiger partial charge in [0.05, 0.1) is 0 Å². The van der Waals surface area contributed by atoms with Crippen molar-refractivity contribution in [3.8, 4) is 5.75 Å². The van der Waals surface area contributed by atoms with Gasteiger partial charge in [0.2, 0.25) is 5.78 Å². The number of carbonyl (C=O) groups excluding carboxylic acids is 2. The molecule has 0 aliphatic heterocycles. The third-order valence-electron chi connectivity index (χ3n) is 6.86. The monoisotopic (exact) mass is 483 g/mol. The Morgan fingerprint density at radius 2 is 1.44 bits per heavy atom. The molecule has 0 aromatic heterocycles. The summed E-state index contributed by atoms with van der Waals surface area (Å²) in [7, 11) is 0. The van der Waals surface area contributed by atoms with E-state index in [1.807, 2.05) is 48.5 Å². The van der Waals surface area contributed by atoms with E-state index in [1.54, 1.807) is 6.07 Å². The van der Waals surface area contributed by atoms with E-state index in [0.717, 1.165) is 27.8 Å². The number of carbonyl (C=O) groups is 2. The number of ether oxygens (including phenoxy) is 1. The SMILES string of the molecule is Cc1cc(C(C)(C)C)c(OC2(C(=O)NCc3ccccc3)Cc3ccccc3C2=O)c(C(C)(C)C)c1. The lowest BCUT2D eigenvalue weighted by Gasteiger charge is -2.35. The van der Waals surface area contributed by atoms with Crippen LogP contribution in [0.25, 0.3) is 0 Å². The van der Waals surface area contributed by atoms with Gasteiger partial charge in [0.15, 0.2) is 0 Å². The van der Waals surface area contributed by atoms with Crippen molar-refractivity contribution in [3.05, 3.63) is 100 Å². The Balaban J connectivity index is 1.85. The third-order valence-corrected chi connectivity index (χ3v) is 6.86. The van der Waals surface area contributed by atoms with Crippen LogP contribution in [0.1, 0.15) is 79.7 Å². The van der Waals surface area contributed by atoms with E-state index in [-0.39, 0.29) is 23.0 Å². The number of hydrogen-bond acceptors (Lipinski definition) is 3. The van der Waals surface area contributed by atoms with Crippen LogP contribution < -0.4 is 10.1 Å². The maximum absolute atomic E-state index is 14.0. The molecule has 1 aliphatic rings. The van der Waals surface area contributed by atoms with Crippen molar-refractivity contribution in [2.75, 3.05) is 0 Å². The summed E-state index contributed by atoms with van der Waals surface area (Å²) in [6, 6.07) is 21.4. The Morgan fingerprint density at radius 3 is 2.00 bits per heavy atom. The maximum Gasteiger partial charge on any atom is 0.273 e. The highest BCUT2D eigenvalue weighted by atomic mass is 16.5. The van der Waals surface area contributed by atoms with Crippen molar-refractivity contribution >= 4 is 11.7 Å². The van der Waals surface area contributed by atoms with Gasteiger partial charge < -0.3 is 10.1 Å². The van der Waals surface area contributed by atoms with Crippen molar-refractivity contribution in [2.24, 2.45) is 0 Å². The molecule has 0 spiro atoms. The first kappa shape index (κ1) is 25.7. The fourth-order valence-corrected chi connectivity index (χ4v) is 4.87. The van der Waals surface area contributed by atoms with E-state index in [4.69, 9.17) is 4.74 Å². The Kier molecular flexibility index (Phi) is 6.59. The minimum atomic E-state index is -1.67. The van der Waals surface area contributed by atoms with Gasteiger partial charge in [-0.15, -0.1) is 0 Å². The number of hydrogen-bond donors (Lipinski definition) is 1. The molecule has 3 aromatic carbocycles. The molecule has 1 atom stereocenters. The Morgan fingerprint density at radius 1 is 0.889 bits per heavy atom. The number of nitrogens with one attached hydrogen (secondary N) is 1. The first-order valence-electron chi connectivity index (χ1n) is 12.6. The van der Waals surface area contributed by atoms with Crippen LogP contribution in [0.3, 0.4) is 0 Å². The van der Waals surface area contributed by atoms with Crippen molar-refractivity contribution < 1.29 is 14.3 Å². The highest BCUT2D eigenvalue weighted by molar-refractivity contribution is 6.20. The fraction of sp³-hybridized carbons (Fsp3) is 0.375. The Hall–Kier alpha value is -3.40. The topological polar surface area (TPSA) is 55.4 Å². The molecule has 4 rings (SSSR count). The summed E-state index contributed by atoms with van der Waals surface area (Å²) < 4.78 is 6.82. The molecule has 188 valence electrons. The van der Waals surface area contributed by atoms with Gasteiger partial charge in [0, 0.05) is 29.7 Å². The van der Waals surface area contributed by atoms with E-state index >= 15 is 0 Å². The zero-order chi connectivity index (χ0) is 26.3. The molecule has 1 N–H and O–H groups in total. The normalized spacial score (nSPS) is 17.6. The van der Waals surface area contributed by atoms with Crippen LogP contribution in [0.5, 0.6) is 5.75 Å². The number of Topliss-reactive ketones (excluding diaryl/α,β-unsaturated/α-hetero) is 1.